The Bertz CT molecular complexity index is 303. The second-order valence-corrected chi connectivity index (χ2v) is 5.59. The summed E-state index contributed by atoms with van der Waals surface area (Å²) in [5.74, 6) is 0.0315. The molecule has 0 bridgehead atoms. The molecule has 1 saturated heterocycles. The van der Waals surface area contributed by atoms with Gasteiger partial charge in [-0.15, -0.1) is 0 Å². The minimum atomic E-state index is -0.379. The van der Waals surface area contributed by atoms with Crippen molar-refractivity contribution in [2.24, 2.45) is 5.92 Å². The Morgan fingerprint density at radius 2 is 1.78 bits per heavy atom. The van der Waals surface area contributed by atoms with Gasteiger partial charge in [0.2, 0.25) is 11.8 Å². The number of hydrogen-bond donors (Lipinski definition) is 2. The van der Waals surface area contributed by atoms with Gasteiger partial charge in [0.1, 0.15) is 12.1 Å². The van der Waals surface area contributed by atoms with E-state index in [0.29, 0.717) is 0 Å². The van der Waals surface area contributed by atoms with Crippen molar-refractivity contribution in [2.45, 2.75) is 45.2 Å². The zero-order valence-electron chi connectivity index (χ0n) is 11.8. The average molecular weight is 255 g/mol. The molecule has 0 saturated carbocycles. The van der Waals surface area contributed by atoms with E-state index >= 15 is 0 Å². The maximum Gasteiger partial charge on any atom is 0.243 e. The third-order valence-electron chi connectivity index (χ3n) is 3.23. The van der Waals surface area contributed by atoms with Crippen LogP contribution >= 0.6 is 0 Å². The lowest BCUT2D eigenvalue weighted by Gasteiger charge is -2.31. The summed E-state index contributed by atoms with van der Waals surface area (Å²) in [6.07, 6.45) is 2.71. The van der Waals surface area contributed by atoms with Crippen LogP contribution in [0, 0.1) is 5.92 Å². The Balaban J connectivity index is 2.36. The Labute approximate surface area is 109 Å². The average Bonchev–Trinajstić information content (AvgIpc) is 2.27. The van der Waals surface area contributed by atoms with E-state index in [0.717, 1.165) is 25.8 Å². The first-order chi connectivity index (χ1) is 8.41. The maximum atomic E-state index is 11.8. The summed E-state index contributed by atoms with van der Waals surface area (Å²) in [7, 11) is 4.06. The van der Waals surface area contributed by atoms with Crippen molar-refractivity contribution in [3.63, 3.8) is 0 Å². The number of rotatable bonds is 6. The highest BCUT2D eigenvalue weighted by Gasteiger charge is 2.34. The molecule has 1 aliphatic heterocycles. The van der Waals surface area contributed by atoms with Crippen molar-refractivity contribution in [2.75, 3.05) is 20.6 Å². The highest BCUT2D eigenvalue weighted by atomic mass is 16.2. The molecular weight excluding hydrogens is 230 g/mol. The fourth-order valence-corrected chi connectivity index (χ4v) is 2.10. The van der Waals surface area contributed by atoms with Gasteiger partial charge in [0.05, 0.1) is 0 Å². The zero-order valence-corrected chi connectivity index (χ0v) is 11.8. The molecule has 1 heterocycles. The van der Waals surface area contributed by atoms with Gasteiger partial charge in [-0.2, -0.15) is 0 Å². The Kier molecular flexibility index (Phi) is 5.59. The molecule has 2 atom stereocenters. The molecule has 0 aromatic rings. The standard InChI is InChI=1S/C13H25N3O2/c1-9(2)11-13(18)14-10(12(17)15-11)7-5-6-8-16(3)4/h9-11H,5-8H2,1-4H3,(H,14,18)(H,15,17)/t10-,11+/m0/s1. The molecule has 104 valence electrons. The number of nitrogens with zero attached hydrogens (tertiary/aromatic N) is 1. The summed E-state index contributed by atoms with van der Waals surface area (Å²) >= 11 is 0. The summed E-state index contributed by atoms with van der Waals surface area (Å²) in [6, 6.07) is -0.731. The van der Waals surface area contributed by atoms with E-state index in [-0.39, 0.29) is 29.8 Å². The lowest BCUT2D eigenvalue weighted by Crippen LogP contribution is -2.63. The van der Waals surface area contributed by atoms with Gasteiger partial charge >= 0.3 is 0 Å². The van der Waals surface area contributed by atoms with Gasteiger partial charge in [0.25, 0.3) is 0 Å². The molecule has 2 amide bonds. The minimum Gasteiger partial charge on any atom is -0.343 e. The molecule has 0 radical (unpaired) electrons. The lowest BCUT2D eigenvalue weighted by atomic mass is 9.98. The van der Waals surface area contributed by atoms with Crippen LogP contribution in [0.1, 0.15) is 33.1 Å². The number of hydrogen-bond acceptors (Lipinski definition) is 3. The second kappa shape index (κ2) is 6.73. The van der Waals surface area contributed by atoms with Crippen molar-refractivity contribution in [1.82, 2.24) is 15.5 Å². The van der Waals surface area contributed by atoms with E-state index < -0.39 is 0 Å². The number of carbonyl (C=O) groups is 2. The topological polar surface area (TPSA) is 61.4 Å². The van der Waals surface area contributed by atoms with E-state index in [2.05, 4.69) is 15.5 Å². The number of amides is 2. The van der Waals surface area contributed by atoms with Gasteiger partial charge in [-0.05, 0) is 45.8 Å². The zero-order chi connectivity index (χ0) is 13.7. The van der Waals surface area contributed by atoms with Gasteiger partial charge < -0.3 is 15.5 Å². The summed E-state index contributed by atoms with van der Waals surface area (Å²) < 4.78 is 0. The van der Waals surface area contributed by atoms with E-state index in [1.165, 1.54) is 0 Å². The SMILES string of the molecule is CC(C)[C@H]1NC(=O)[C@H](CCCCN(C)C)NC1=O. The van der Waals surface area contributed by atoms with Crippen LogP contribution in [-0.4, -0.2) is 49.4 Å². The highest BCUT2D eigenvalue weighted by molar-refractivity contribution is 5.97. The summed E-state index contributed by atoms with van der Waals surface area (Å²) in [4.78, 5) is 25.8. The number of nitrogens with one attached hydrogen (secondary N) is 2. The fourth-order valence-electron chi connectivity index (χ4n) is 2.10. The Hall–Kier alpha value is -1.10. The fraction of sp³-hybridized carbons (Fsp3) is 0.846. The van der Waals surface area contributed by atoms with E-state index in [1.54, 1.807) is 0 Å². The molecule has 0 aromatic heterocycles. The maximum absolute atomic E-state index is 11.8. The number of piperazine rings is 1. The third kappa shape index (κ3) is 4.29. The first-order valence-electron chi connectivity index (χ1n) is 6.67. The molecule has 1 fully saturated rings. The molecule has 2 N–H and O–H groups in total. The second-order valence-electron chi connectivity index (χ2n) is 5.59. The van der Waals surface area contributed by atoms with Crippen molar-refractivity contribution >= 4 is 11.8 Å². The molecule has 0 unspecified atom stereocenters. The largest absolute Gasteiger partial charge is 0.343 e. The predicted molar refractivity (Wildman–Crippen MR) is 71.1 cm³/mol. The normalized spacial score (nSPS) is 24.3. The van der Waals surface area contributed by atoms with Crippen LogP contribution in [-0.2, 0) is 9.59 Å². The van der Waals surface area contributed by atoms with E-state index in [4.69, 9.17) is 0 Å². The molecule has 0 aromatic carbocycles. The monoisotopic (exact) mass is 255 g/mol. The van der Waals surface area contributed by atoms with Gasteiger partial charge in [-0.25, -0.2) is 0 Å². The molecular formula is C13H25N3O2. The molecule has 1 rings (SSSR count). The van der Waals surface area contributed by atoms with Crippen LogP contribution in [0.4, 0.5) is 0 Å². The summed E-state index contributed by atoms with van der Waals surface area (Å²) in [6.45, 7) is 4.88. The molecule has 1 aliphatic rings. The van der Waals surface area contributed by atoms with Gasteiger partial charge in [-0.1, -0.05) is 13.8 Å². The van der Waals surface area contributed by atoms with Crippen LogP contribution in [0.25, 0.3) is 0 Å². The molecule has 0 spiro atoms. The van der Waals surface area contributed by atoms with Gasteiger partial charge in [-0.3, -0.25) is 9.59 Å². The lowest BCUT2D eigenvalue weighted by molar-refractivity contribution is -0.138. The van der Waals surface area contributed by atoms with Crippen molar-refractivity contribution in [3.05, 3.63) is 0 Å². The third-order valence-corrected chi connectivity index (χ3v) is 3.23. The van der Waals surface area contributed by atoms with Crippen molar-refractivity contribution in [1.29, 1.82) is 0 Å². The van der Waals surface area contributed by atoms with Crippen LogP contribution in [0.15, 0.2) is 0 Å². The molecule has 5 nitrogen and oxygen atoms in total. The van der Waals surface area contributed by atoms with Crippen LogP contribution in [0.5, 0.6) is 0 Å². The molecule has 18 heavy (non-hydrogen) atoms. The highest BCUT2D eigenvalue weighted by Crippen LogP contribution is 2.10. The van der Waals surface area contributed by atoms with Crippen molar-refractivity contribution in [3.8, 4) is 0 Å². The van der Waals surface area contributed by atoms with E-state index in [1.807, 2.05) is 27.9 Å². The Morgan fingerprint density at radius 3 is 2.33 bits per heavy atom. The molecule has 0 aliphatic carbocycles. The van der Waals surface area contributed by atoms with Crippen LogP contribution < -0.4 is 10.6 Å². The predicted octanol–water partition coefficient (Wildman–Crippen LogP) is 0.358. The quantitative estimate of drug-likeness (QED) is 0.674. The first kappa shape index (κ1) is 15.0. The van der Waals surface area contributed by atoms with Crippen LogP contribution in [0.3, 0.4) is 0 Å². The number of carbonyl (C=O) groups excluding carboxylic acids is 2. The van der Waals surface area contributed by atoms with Crippen molar-refractivity contribution < 1.29 is 9.59 Å². The Morgan fingerprint density at radius 1 is 1.11 bits per heavy atom. The smallest absolute Gasteiger partial charge is 0.243 e. The summed E-state index contributed by atoms with van der Waals surface area (Å²) in [5.41, 5.74) is 0. The minimum absolute atomic E-state index is 0.0434. The first-order valence-corrected chi connectivity index (χ1v) is 6.67. The van der Waals surface area contributed by atoms with Gasteiger partial charge in [0, 0.05) is 0 Å². The molecule has 5 heteroatoms. The number of unbranched alkanes of at least 4 members (excludes halogenated alkanes) is 1. The van der Waals surface area contributed by atoms with Gasteiger partial charge in [0.15, 0.2) is 0 Å². The van der Waals surface area contributed by atoms with E-state index in [9.17, 15) is 9.59 Å². The summed E-state index contributed by atoms with van der Waals surface area (Å²) in [5, 5.41) is 5.63. The van der Waals surface area contributed by atoms with Crippen LogP contribution in [0.2, 0.25) is 0 Å².